The van der Waals surface area contributed by atoms with Crippen molar-refractivity contribution in [3.8, 4) is 0 Å². The Morgan fingerprint density at radius 2 is 1.85 bits per heavy atom. The summed E-state index contributed by atoms with van der Waals surface area (Å²) in [6, 6.07) is 2.63. The van der Waals surface area contributed by atoms with Crippen molar-refractivity contribution < 1.29 is 13.2 Å². The van der Waals surface area contributed by atoms with Crippen LogP contribution in [0.25, 0.3) is 0 Å². The monoisotopic (exact) mass is 321 g/mol. The van der Waals surface area contributed by atoms with Gasteiger partial charge in [-0.05, 0) is 34.7 Å². The molecule has 0 saturated carbocycles. The Hall–Kier alpha value is -0.170. The van der Waals surface area contributed by atoms with Crippen LogP contribution in [0.3, 0.4) is 0 Å². The van der Waals surface area contributed by atoms with Gasteiger partial charge in [0.25, 0.3) is 0 Å². The summed E-state index contributed by atoms with van der Waals surface area (Å²) in [5, 5.41) is -0.340. The van der Waals surface area contributed by atoms with Crippen LogP contribution in [0.15, 0.2) is 12.1 Å². The number of benzene rings is 1. The molecule has 72 valence electrons. The number of anilines is 1. The quantitative estimate of drug-likeness (QED) is 0.574. The van der Waals surface area contributed by atoms with E-state index in [1.54, 1.807) is 22.6 Å². The largest absolute Gasteiger partial charge is 0.419 e. The summed E-state index contributed by atoms with van der Waals surface area (Å²) in [4.78, 5) is 0. The van der Waals surface area contributed by atoms with Crippen LogP contribution in [0.1, 0.15) is 5.56 Å². The lowest BCUT2D eigenvalue weighted by atomic mass is 10.2. The lowest BCUT2D eigenvalue weighted by Gasteiger charge is -2.12. The summed E-state index contributed by atoms with van der Waals surface area (Å²) in [7, 11) is 0. The molecule has 1 aromatic rings. The summed E-state index contributed by atoms with van der Waals surface area (Å²) in [5.41, 5.74) is 3.86. The predicted octanol–water partition coefficient (Wildman–Crippen LogP) is 3.55. The van der Waals surface area contributed by atoms with E-state index < -0.39 is 11.7 Å². The number of nitrogen functional groups attached to an aromatic ring is 1. The number of hydrogen-bond donors (Lipinski definition) is 1. The Labute approximate surface area is 91.2 Å². The van der Waals surface area contributed by atoms with Crippen molar-refractivity contribution in [1.82, 2.24) is 0 Å². The van der Waals surface area contributed by atoms with E-state index in [-0.39, 0.29) is 10.7 Å². The molecule has 1 rings (SSSR count). The van der Waals surface area contributed by atoms with Crippen molar-refractivity contribution in [2.45, 2.75) is 6.18 Å². The Bertz CT molecular complexity index is 337. The normalized spacial score (nSPS) is 11.8. The topological polar surface area (TPSA) is 26.0 Å². The standard InChI is InChI=1S/C7H4ClF3IN/c8-6-3(12)1-2-4(13)5(6)7(9,10)11/h1-2H,13H2. The molecule has 0 amide bonds. The molecule has 0 atom stereocenters. The number of rotatable bonds is 0. The minimum Gasteiger partial charge on any atom is -0.398 e. The van der Waals surface area contributed by atoms with Gasteiger partial charge in [0.05, 0.1) is 10.6 Å². The minimum atomic E-state index is -4.50. The van der Waals surface area contributed by atoms with Gasteiger partial charge < -0.3 is 5.73 Å². The highest BCUT2D eigenvalue weighted by molar-refractivity contribution is 14.1. The fourth-order valence-electron chi connectivity index (χ4n) is 0.854. The zero-order valence-electron chi connectivity index (χ0n) is 6.12. The second-order valence-corrected chi connectivity index (χ2v) is 3.86. The predicted molar refractivity (Wildman–Crippen MR) is 53.6 cm³/mol. The summed E-state index contributed by atoms with van der Waals surface area (Å²) < 4.78 is 37.3. The van der Waals surface area contributed by atoms with E-state index in [1.807, 2.05) is 0 Å². The molecule has 1 aromatic carbocycles. The number of nitrogens with two attached hydrogens (primary N) is 1. The van der Waals surface area contributed by atoms with Crippen molar-refractivity contribution in [2.24, 2.45) is 0 Å². The maximum Gasteiger partial charge on any atom is 0.419 e. The van der Waals surface area contributed by atoms with Gasteiger partial charge in [0.1, 0.15) is 0 Å². The van der Waals surface area contributed by atoms with Crippen LogP contribution in [0.5, 0.6) is 0 Å². The van der Waals surface area contributed by atoms with Crippen LogP contribution in [-0.4, -0.2) is 0 Å². The molecule has 0 aliphatic rings. The van der Waals surface area contributed by atoms with E-state index in [0.29, 0.717) is 3.57 Å². The third-order valence-electron chi connectivity index (χ3n) is 1.41. The first-order chi connectivity index (χ1) is 5.84. The first kappa shape index (κ1) is 10.9. The highest BCUT2D eigenvalue weighted by Crippen LogP contribution is 2.40. The van der Waals surface area contributed by atoms with Gasteiger partial charge in [0, 0.05) is 9.26 Å². The average molecular weight is 321 g/mol. The van der Waals surface area contributed by atoms with Gasteiger partial charge in [0.15, 0.2) is 0 Å². The fourth-order valence-corrected chi connectivity index (χ4v) is 1.58. The lowest BCUT2D eigenvalue weighted by molar-refractivity contribution is -0.136. The molecule has 0 radical (unpaired) electrons. The van der Waals surface area contributed by atoms with Gasteiger partial charge in [-0.15, -0.1) is 0 Å². The Kier molecular flexibility index (Phi) is 2.96. The smallest absolute Gasteiger partial charge is 0.398 e. The van der Waals surface area contributed by atoms with E-state index >= 15 is 0 Å². The maximum atomic E-state index is 12.3. The van der Waals surface area contributed by atoms with Gasteiger partial charge in [0.2, 0.25) is 0 Å². The number of halogens is 5. The van der Waals surface area contributed by atoms with E-state index in [1.165, 1.54) is 12.1 Å². The lowest BCUT2D eigenvalue weighted by Crippen LogP contribution is -2.10. The first-order valence-electron chi connectivity index (χ1n) is 3.14. The van der Waals surface area contributed by atoms with Crippen LogP contribution < -0.4 is 5.73 Å². The van der Waals surface area contributed by atoms with Crippen LogP contribution >= 0.6 is 34.2 Å². The highest BCUT2D eigenvalue weighted by atomic mass is 127. The SMILES string of the molecule is Nc1ccc(I)c(Cl)c1C(F)(F)F. The summed E-state index contributed by atoms with van der Waals surface area (Å²) in [6.45, 7) is 0. The van der Waals surface area contributed by atoms with Crippen LogP contribution in [-0.2, 0) is 6.18 Å². The van der Waals surface area contributed by atoms with E-state index in [9.17, 15) is 13.2 Å². The third kappa shape index (κ3) is 2.19. The van der Waals surface area contributed by atoms with E-state index in [4.69, 9.17) is 17.3 Å². The van der Waals surface area contributed by atoms with Crippen LogP contribution in [0.2, 0.25) is 5.02 Å². The van der Waals surface area contributed by atoms with Crippen molar-refractivity contribution in [3.63, 3.8) is 0 Å². The zero-order chi connectivity index (χ0) is 10.2. The third-order valence-corrected chi connectivity index (χ3v) is 3.02. The highest BCUT2D eigenvalue weighted by Gasteiger charge is 2.36. The van der Waals surface area contributed by atoms with Crippen molar-refractivity contribution in [3.05, 3.63) is 26.3 Å². The number of alkyl halides is 3. The molecule has 0 bridgehead atoms. The number of hydrogen-bond acceptors (Lipinski definition) is 1. The van der Waals surface area contributed by atoms with Crippen LogP contribution in [0, 0.1) is 3.57 Å². The van der Waals surface area contributed by atoms with Crippen LogP contribution in [0.4, 0.5) is 18.9 Å². The molecule has 0 aliphatic heterocycles. The Morgan fingerprint density at radius 3 is 2.23 bits per heavy atom. The molecule has 0 fully saturated rings. The van der Waals surface area contributed by atoms with E-state index in [0.717, 1.165) is 0 Å². The van der Waals surface area contributed by atoms with Gasteiger partial charge in [-0.3, -0.25) is 0 Å². The molecule has 6 heteroatoms. The van der Waals surface area contributed by atoms with E-state index in [2.05, 4.69) is 0 Å². The fraction of sp³-hybridized carbons (Fsp3) is 0.143. The molecule has 13 heavy (non-hydrogen) atoms. The van der Waals surface area contributed by atoms with Crippen molar-refractivity contribution >= 4 is 39.9 Å². The second-order valence-electron chi connectivity index (χ2n) is 2.32. The molecule has 0 aromatic heterocycles. The molecule has 2 N–H and O–H groups in total. The summed E-state index contributed by atoms with van der Waals surface area (Å²) in [5.74, 6) is 0. The Morgan fingerprint density at radius 1 is 1.31 bits per heavy atom. The second kappa shape index (κ2) is 3.53. The molecule has 1 nitrogen and oxygen atoms in total. The Balaban J connectivity index is 3.43. The summed E-state index contributed by atoms with van der Waals surface area (Å²) in [6.07, 6.45) is -4.50. The zero-order valence-corrected chi connectivity index (χ0v) is 9.04. The first-order valence-corrected chi connectivity index (χ1v) is 4.60. The average Bonchev–Trinajstić information content (AvgIpc) is 1.95. The van der Waals surface area contributed by atoms with Gasteiger partial charge in [-0.25, -0.2) is 0 Å². The molecular formula is C7H4ClF3IN. The molecule has 0 spiro atoms. The molecule has 0 heterocycles. The molecular weight excluding hydrogens is 317 g/mol. The van der Waals surface area contributed by atoms with Crippen molar-refractivity contribution in [1.29, 1.82) is 0 Å². The molecule has 0 aliphatic carbocycles. The van der Waals surface area contributed by atoms with Gasteiger partial charge >= 0.3 is 6.18 Å². The maximum absolute atomic E-state index is 12.3. The summed E-state index contributed by atoms with van der Waals surface area (Å²) >= 11 is 7.19. The molecule has 0 unspecified atom stereocenters. The minimum absolute atomic E-state index is 0.334. The van der Waals surface area contributed by atoms with Crippen molar-refractivity contribution in [2.75, 3.05) is 5.73 Å². The molecule has 0 saturated heterocycles. The van der Waals surface area contributed by atoms with Gasteiger partial charge in [-0.2, -0.15) is 13.2 Å². The van der Waals surface area contributed by atoms with Gasteiger partial charge in [-0.1, -0.05) is 11.6 Å².